The summed E-state index contributed by atoms with van der Waals surface area (Å²) in [5.41, 5.74) is 0.530. The second-order valence-electron chi connectivity index (χ2n) is 5.32. The lowest BCUT2D eigenvalue weighted by molar-refractivity contribution is -0.142. The topological polar surface area (TPSA) is 69.6 Å². The van der Waals surface area contributed by atoms with Gasteiger partial charge in [-0.05, 0) is 30.4 Å². The predicted octanol–water partition coefficient (Wildman–Crippen LogP) is 1.87. The lowest BCUT2D eigenvalue weighted by Crippen LogP contribution is -2.48. The smallest absolute Gasteiger partial charge is 0.326 e. The van der Waals surface area contributed by atoms with Gasteiger partial charge in [-0.15, -0.1) is 0 Å². The molecular weight excluding hydrogens is 275 g/mol. The van der Waals surface area contributed by atoms with Crippen LogP contribution in [0.4, 0.5) is 9.18 Å². The molecule has 2 unspecified atom stereocenters. The van der Waals surface area contributed by atoms with Gasteiger partial charge in [0.05, 0.1) is 0 Å². The molecule has 0 spiro atoms. The van der Waals surface area contributed by atoms with E-state index in [9.17, 15) is 19.1 Å². The van der Waals surface area contributed by atoms with Gasteiger partial charge < -0.3 is 15.3 Å². The molecular formula is C15H19FN2O3. The molecule has 1 aromatic carbocycles. The van der Waals surface area contributed by atoms with Crippen LogP contribution >= 0.6 is 0 Å². The normalized spacial score (nSPS) is 21.3. The third kappa shape index (κ3) is 3.51. The van der Waals surface area contributed by atoms with Crippen molar-refractivity contribution in [3.05, 3.63) is 35.6 Å². The number of hydrogen-bond donors (Lipinski definition) is 2. The maximum atomic E-state index is 13.4. The summed E-state index contributed by atoms with van der Waals surface area (Å²) < 4.78 is 13.4. The molecule has 2 rings (SSSR count). The molecule has 2 N–H and O–H groups in total. The molecule has 1 aromatic rings. The fourth-order valence-electron chi connectivity index (χ4n) is 2.66. The van der Waals surface area contributed by atoms with E-state index in [2.05, 4.69) is 5.32 Å². The number of amides is 2. The Bertz CT molecular complexity index is 535. The first-order valence-electron chi connectivity index (χ1n) is 7.01. The van der Waals surface area contributed by atoms with Gasteiger partial charge in [-0.25, -0.2) is 14.0 Å². The molecule has 21 heavy (non-hydrogen) atoms. The molecule has 0 radical (unpaired) electrons. The first-order valence-corrected chi connectivity index (χ1v) is 7.01. The molecule has 6 heteroatoms. The lowest BCUT2D eigenvalue weighted by Gasteiger charge is -2.23. The van der Waals surface area contributed by atoms with E-state index in [1.54, 1.807) is 18.2 Å². The van der Waals surface area contributed by atoms with Gasteiger partial charge in [-0.2, -0.15) is 0 Å². The summed E-state index contributed by atoms with van der Waals surface area (Å²) in [6.45, 7) is 2.53. The molecule has 1 aliphatic rings. The molecule has 0 saturated carbocycles. The Morgan fingerprint density at radius 1 is 1.43 bits per heavy atom. The van der Waals surface area contributed by atoms with Crippen molar-refractivity contribution >= 4 is 12.0 Å². The van der Waals surface area contributed by atoms with E-state index in [0.717, 1.165) is 0 Å². The summed E-state index contributed by atoms with van der Waals surface area (Å²) in [6, 6.07) is 5.21. The SMILES string of the molecule is CC1CCN(C(=O)NCCc2ccccc2F)C1C(=O)O. The number of nitrogens with one attached hydrogen (secondary N) is 1. The van der Waals surface area contributed by atoms with Crippen molar-refractivity contribution in [1.29, 1.82) is 0 Å². The van der Waals surface area contributed by atoms with E-state index in [-0.39, 0.29) is 18.3 Å². The quantitative estimate of drug-likeness (QED) is 0.890. The summed E-state index contributed by atoms with van der Waals surface area (Å²) in [5, 5.41) is 11.8. The number of carboxylic acid groups (broad SMARTS) is 1. The number of urea groups is 1. The number of benzene rings is 1. The Hall–Kier alpha value is -2.11. The summed E-state index contributed by atoms with van der Waals surface area (Å²) in [5.74, 6) is -1.34. The Kier molecular flexibility index (Phi) is 4.77. The molecule has 0 bridgehead atoms. The summed E-state index contributed by atoms with van der Waals surface area (Å²) in [7, 11) is 0. The highest BCUT2D eigenvalue weighted by Gasteiger charge is 2.39. The van der Waals surface area contributed by atoms with Crippen LogP contribution in [0.15, 0.2) is 24.3 Å². The third-order valence-electron chi connectivity index (χ3n) is 3.84. The highest BCUT2D eigenvalue weighted by atomic mass is 19.1. The Morgan fingerprint density at radius 2 is 2.14 bits per heavy atom. The van der Waals surface area contributed by atoms with Gasteiger partial charge >= 0.3 is 12.0 Å². The number of carbonyl (C=O) groups excluding carboxylic acids is 1. The number of carboxylic acids is 1. The third-order valence-corrected chi connectivity index (χ3v) is 3.84. The minimum Gasteiger partial charge on any atom is -0.480 e. The monoisotopic (exact) mass is 294 g/mol. The fourth-order valence-corrected chi connectivity index (χ4v) is 2.66. The van der Waals surface area contributed by atoms with Crippen molar-refractivity contribution in [3.63, 3.8) is 0 Å². The van der Waals surface area contributed by atoms with Gasteiger partial charge in [-0.3, -0.25) is 0 Å². The summed E-state index contributed by atoms with van der Waals surface area (Å²) >= 11 is 0. The number of likely N-dealkylation sites (tertiary alicyclic amines) is 1. The Labute approximate surface area is 122 Å². The van der Waals surface area contributed by atoms with Gasteiger partial charge in [0.1, 0.15) is 11.9 Å². The van der Waals surface area contributed by atoms with Gasteiger partial charge in [0, 0.05) is 13.1 Å². The van der Waals surface area contributed by atoms with Crippen LogP contribution in [0.3, 0.4) is 0 Å². The first-order chi connectivity index (χ1) is 10.0. The molecule has 1 fully saturated rings. The van der Waals surface area contributed by atoms with E-state index in [4.69, 9.17) is 0 Å². The zero-order chi connectivity index (χ0) is 15.4. The zero-order valence-corrected chi connectivity index (χ0v) is 11.9. The molecule has 0 aliphatic carbocycles. The van der Waals surface area contributed by atoms with Crippen molar-refractivity contribution in [2.75, 3.05) is 13.1 Å². The van der Waals surface area contributed by atoms with E-state index in [0.29, 0.717) is 24.9 Å². The molecule has 114 valence electrons. The number of carbonyl (C=O) groups is 2. The zero-order valence-electron chi connectivity index (χ0n) is 11.9. The minimum atomic E-state index is -0.982. The summed E-state index contributed by atoms with van der Waals surface area (Å²) in [4.78, 5) is 24.6. The summed E-state index contributed by atoms with van der Waals surface area (Å²) in [6.07, 6.45) is 1.05. The van der Waals surface area contributed by atoms with Crippen molar-refractivity contribution in [2.24, 2.45) is 5.92 Å². The number of nitrogens with zero attached hydrogens (tertiary/aromatic N) is 1. The van der Waals surface area contributed by atoms with Gasteiger partial charge in [0.2, 0.25) is 0 Å². The second kappa shape index (κ2) is 6.56. The van der Waals surface area contributed by atoms with Crippen LogP contribution in [0, 0.1) is 11.7 Å². The molecule has 2 amide bonds. The van der Waals surface area contributed by atoms with E-state index in [1.807, 2.05) is 6.92 Å². The van der Waals surface area contributed by atoms with Crippen LogP contribution in [0.2, 0.25) is 0 Å². The van der Waals surface area contributed by atoms with Crippen LogP contribution in [0.25, 0.3) is 0 Å². The number of hydrogen-bond acceptors (Lipinski definition) is 2. The Balaban J connectivity index is 1.88. The van der Waals surface area contributed by atoms with Gasteiger partial charge in [-0.1, -0.05) is 25.1 Å². The molecule has 1 saturated heterocycles. The van der Waals surface area contributed by atoms with Crippen molar-refractivity contribution in [2.45, 2.75) is 25.8 Å². The standard InChI is InChI=1S/C15H19FN2O3/c1-10-7-9-18(13(10)14(19)20)15(21)17-8-6-11-4-2-3-5-12(11)16/h2-5,10,13H,6-9H2,1H3,(H,17,21)(H,19,20). The van der Waals surface area contributed by atoms with Crippen LogP contribution in [0.5, 0.6) is 0 Å². The molecule has 0 aromatic heterocycles. The maximum absolute atomic E-state index is 13.4. The van der Waals surface area contributed by atoms with Crippen molar-refractivity contribution < 1.29 is 19.1 Å². The predicted molar refractivity (Wildman–Crippen MR) is 75.4 cm³/mol. The largest absolute Gasteiger partial charge is 0.480 e. The molecule has 1 aliphatic heterocycles. The number of halogens is 1. The average Bonchev–Trinajstić information content (AvgIpc) is 2.83. The number of rotatable bonds is 4. The van der Waals surface area contributed by atoms with Gasteiger partial charge in [0.25, 0.3) is 0 Å². The molecule has 2 atom stereocenters. The highest BCUT2D eigenvalue weighted by Crippen LogP contribution is 2.23. The molecule has 1 heterocycles. The van der Waals surface area contributed by atoms with Crippen LogP contribution in [0.1, 0.15) is 18.9 Å². The first kappa shape index (κ1) is 15.3. The van der Waals surface area contributed by atoms with E-state index in [1.165, 1.54) is 11.0 Å². The fraction of sp³-hybridized carbons (Fsp3) is 0.467. The van der Waals surface area contributed by atoms with Crippen LogP contribution < -0.4 is 5.32 Å². The van der Waals surface area contributed by atoms with E-state index >= 15 is 0 Å². The average molecular weight is 294 g/mol. The van der Waals surface area contributed by atoms with Crippen LogP contribution in [-0.2, 0) is 11.2 Å². The lowest BCUT2D eigenvalue weighted by atomic mass is 10.0. The highest BCUT2D eigenvalue weighted by molar-refractivity contribution is 5.83. The molecule has 5 nitrogen and oxygen atoms in total. The maximum Gasteiger partial charge on any atom is 0.326 e. The Morgan fingerprint density at radius 3 is 2.81 bits per heavy atom. The minimum absolute atomic E-state index is 0.0557. The number of aliphatic carboxylic acids is 1. The van der Waals surface area contributed by atoms with Crippen LogP contribution in [-0.4, -0.2) is 41.1 Å². The van der Waals surface area contributed by atoms with Crippen molar-refractivity contribution in [1.82, 2.24) is 10.2 Å². The second-order valence-corrected chi connectivity index (χ2v) is 5.32. The van der Waals surface area contributed by atoms with E-state index < -0.39 is 18.0 Å². The van der Waals surface area contributed by atoms with Gasteiger partial charge in [0.15, 0.2) is 0 Å². The van der Waals surface area contributed by atoms with Crippen molar-refractivity contribution in [3.8, 4) is 0 Å².